The van der Waals surface area contributed by atoms with Crippen molar-refractivity contribution in [1.82, 2.24) is 10.3 Å². The Morgan fingerprint density at radius 2 is 1.77 bits per heavy atom. The molecule has 0 saturated heterocycles. The highest BCUT2D eigenvalue weighted by Crippen LogP contribution is 2.10. The van der Waals surface area contributed by atoms with Crippen molar-refractivity contribution < 1.29 is 9.18 Å². The molecule has 3 rings (SSSR count). The summed E-state index contributed by atoms with van der Waals surface area (Å²) in [6.45, 7) is 2.86. The second kappa shape index (κ2) is 8.25. The van der Waals surface area contributed by atoms with Crippen LogP contribution in [0.25, 0.3) is 0 Å². The van der Waals surface area contributed by atoms with Crippen molar-refractivity contribution in [3.05, 3.63) is 95.1 Å². The maximum absolute atomic E-state index is 13.6. The summed E-state index contributed by atoms with van der Waals surface area (Å²) in [4.78, 5) is 16.3. The molecule has 0 atom stereocenters. The number of rotatable bonds is 6. The zero-order valence-electron chi connectivity index (χ0n) is 14.5. The number of pyridine rings is 1. The summed E-state index contributed by atoms with van der Waals surface area (Å²) >= 11 is 0. The Balaban J connectivity index is 1.54. The number of carbonyl (C=O) groups is 1. The van der Waals surface area contributed by atoms with Gasteiger partial charge in [0.1, 0.15) is 11.5 Å². The zero-order valence-corrected chi connectivity index (χ0v) is 14.5. The molecule has 1 amide bonds. The molecule has 5 heteroatoms. The molecular weight excluding hydrogens is 329 g/mol. The molecule has 132 valence electrons. The molecule has 26 heavy (non-hydrogen) atoms. The number of carbonyl (C=O) groups excluding carboxylic acids is 1. The lowest BCUT2D eigenvalue weighted by Gasteiger charge is -2.08. The molecule has 0 spiro atoms. The Bertz CT molecular complexity index is 877. The number of nitrogens with one attached hydrogen (secondary N) is 2. The van der Waals surface area contributed by atoms with E-state index in [4.69, 9.17) is 0 Å². The van der Waals surface area contributed by atoms with Crippen LogP contribution in [0.4, 0.5) is 10.1 Å². The maximum atomic E-state index is 13.6. The van der Waals surface area contributed by atoms with E-state index in [0.29, 0.717) is 17.8 Å². The molecule has 1 heterocycles. The Hall–Kier alpha value is -3.21. The van der Waals surface area contributed by atoms with Gasteiger partial charge in [-0.15, -0.1) is 0 Å². The van der Waals surface area contributed by atoms with E-state index in [1.54, 1.807) is 36.5 Å². The van der Waals surface area contributed by atoms with Gasteiger partial charge in [-0.1, -0.05) is 48.0 Å². The van der Waals surface area contributed by atoms with Crippen molar-refractivity contribution in [2.24, 2.45) is 0 Å². The number of benzene rings is 2. The molecule has 0 radical (unpaired) electrons. The summed E-state index contributed by atoms with van der Waals surface area (Å²) in [6, 6.07) is 18.1. The molecule has 3 aromatic rings. The predicted octanol–water partition coefficient (Wildman–Crippen LogP) is 4.07. The number of hydrogen-bond acceptors (Lipinski definition) is 3. The summed E-state index contributed by atoms with van der Waals surface area (Å²) in [7, 11) is 0. The third-order valence-corrected chi connectivity index (χ3v) is 4.01. The number of aryl methyl sites for hydroxylation is 1. The molecule has 0 bridgehead atoms. The molecule has 0 aliphatic carbocycles. The SMILES string of the molecule is Cc1ccc(CNc2ccc(C(=O)NCc3ccccc3F)nc2)cc1. The first-order chi connectivity index (χ1) is 12.6. The van der Waals surface area contributed by atoms with E-state index in [9.17, 15) is 9.18 Å². The largest absolute Gasteiger partial charge is 0.380 e. The second-order valence-corrected chi connectivity index (χ2v) is 6.05. The van der Waals surface area contributed by atoms with Gasteiger partial charge in [0.25, 0.3) is 5.91 Å². The maximum Gasteiger partial charge on any atom is 0.270 e. The summed E-state index contributed by atoms with van der Waals surface area (Å²) in [5, 5.41) is 5.94. The van der Waals surface area contributed by atoms with E-state index in [1.807, 2.05) is 0 Å². The molecule has 0 aliphatic rings. The highest BCUT2D eigenvalue weighted by Gasteiger charge is 2.08. The minimum absolute atomic E-state index is 0.126. The number of halogens is 1. The highest BCUT2D eigenvalue weighted by molar-refractivity contribution is 5.92. The number of nitrogens with zero attached hydrogens (tertiary/aromatic N) is 1. The number of anilines is 1. The van der Waals surface area contributed by atoms with Crippen molar-refractivity contribution in [2.75, 3.05) is 5.32 Å². The van der Waals surface area contributed by atoms with Crippen LogP contribution >= 0.6 is 0 Å². The van der Waals surface area contributed by atoms with Crippen molar-refractivity contribution in [2.45, 2.75) is 20.0 Å². The van der Waals surface area contributed by atoms with Crippen molar-refractivity contribution in [3.63, 3.8) is 0 Å². The average molecular weight is 349 g/mol. The summed E-state index contributed by atoms with van der Waals surface area (Å²) in [6.07, 6.45) is 1.62. The van der Waals surface area contributed by atoms with Gasteiger partial charge in [0, 0.05) is 18.7 Å². The van der Waals surface area contributed by atoms with Crippen LogP contribution in [0, 0.1) is 12.7 Å². The van der Waals surface area contributed by atoms with Gasteiger partial charge >= 0.3 is 0 Å². The topological polar surface area (TPSA) is 54.0 Å². The van der Waals surface area contributed by atoms with Gasteiger partial charge in [-0.2, -0.15) is 0 Å². The first kappa shape index (κ1) is 17.6. The Labute approximate surface area is 152 Å². The van der Waals surface area contributed by atoms with Gasteiger partial charge in [-0.05, 0) is 30.7 Å². The molecule has 2 aromatic carbocycles. The van der Waals surface area contributed by atoms with Crippen LogP contribution in [0.2, 0.25) is 0 Å². The number of aromatic nitrogens is 1. The predicted molar refractivity (Wildman–Crippen MR) is 100 cm³/mol. The van der Waals surface area contributed by atoms with Crippen LogP contribution in [-0.2, 0) is 13.1 Å². The van der Waals surface area contributed by atoms with Crippen LogP contribution in [0.1, 0.15) is 27.2 Å². The van der Waals surface area contributed by atoms with Gasteiger partial charge in [0.2, 0.25) is 0 Å². The fraction of sp³-hybridized carbons (Fsp3) is 0.143. The molecule has 2 N–H and O–H groups in total. The zero-order chi connectivity index (χ0) is 18.4. The molecule has 0 saturated carbocycles. The molecule has 4 nitrogen and oxygen atoms in total. The monoisotopic (exact) mass is 349 g/mol. The standard InChI is InChI=1S/C21H20FN3O/c1-15-6-8-16(9-7-15)12-23-18-10-11-20(24-14-18)21(26)25-13-17-4-2-3-5-19(17)22/h2-11,14,23H,12-13H2,1H3,(H,25,26). The van der Waals surface area contributed by atoms with Gasteiger partial charge in [0.05, 0.1) is 11.9 Å². The van der Waals surface area contributed by atoms with E-state index < -0.39 is 0 Å². The quantitative estimate of drug-likeness (QED) is 0.705. The van der Waals surface area contributed by atoms with Crippen molar-refractivity contribution in [3.8, 4) is 0 Å². The molecule has 0 fully saturated rings. The van der Waals surface area contributed by atoms with E-state index in [0.717, 1.165) is 5.69 Å². The van der Waals surface area contributed by atoms with E-state index in [1.165, 1.54) is 17.2 Å². The molecule has 0 unspecified atom stereocenters. The highest BCUT2D eigenvalue weighted by atomic mass is 19.1. The number of amides is 1. The molecule has 0 aliphatic heterocycles. The lowest BCUT2D eigenvalue weighted by Crippen LogP contribution is -2.24. The van der Waals surface area contributed by atoms with Crippen LogP contribution in [0.15, 0.2) is 66.9 Å². The van der Waals surface area contributed by atoms with Crippen LogP contribution in [-0.4, -0.2) is 10.9 Å². The fourth-order valence-corrected chi connectivity index (χ4v) is 2.45. The first-order valence-electron chi connectivity index (χ1n) is 8.39. The lowest BCUT2D eigenvalue weighted by molar-refractivity contribution is 0.0945. The van der Waals surface area contributed by atoms with Gasteiger partial charge in [-0.25, -0.2) is 9.37 Å². The summed E-state index contributed by atoms with van der Waals surface area (Å²) in [5.74, 6) is -0.672. The molecule has 1 aromatic heterocycles. The van der Waals surface area contributed by atoms with Crippen molar-refractivity contribution in [1.29, 1.82) is 0 Å². The Morgan fingerprint density at radius 3 is 2.46 bits per heavy atom. The van der Waals surface area contributed by atoms with E-state index in [2.05, 4.69) is 46.8 Å². The third kappa shape index (κ3) is 4.66. The first-order valence-corrected chi connectivity index (χ1v) is 8.39. The van der Waals surface area contributed by atoms with E-state index in [-0.39, 0.29) is 18.3 Å². The van der Waals surface area contributed by atoms with Crippen LogP contribution in [0.3, 0.4) is 0 Å². The van der Waals surface area contributed by atoms with Crippen molar-refractivity contribution >= 4 is 11.6 Å². The second-order valence-electron chi connectivity index (χ2n) is 6.05. The lowest BCUT2D eigenvalue weighted by atomic mass is 10.1. The molecular formula is C21H20FN3O. The van der Waals surface area contributed by atoms with Gasteiger partial charge in [0.15, 0.2) is 0 Å². The Morgan fingerprint density at radius 1 is 1.00 bits per heavy atom. The summed E-state index contributed by atoms with van der Waals surface area (Å²) in [5.41, 5.74) is 3.96. The summed E-state index contributed by atoms with van der Waals surface area (Å²) < 4.78 is 13.6. The fourth-order valence-electron chi connectivity index (χ4n) is 2.45. The normalized spacial score (nSPS) is 10.4. The van der Waals surface area contributed by atoms with Crippen LogP contribution < -0.4 is 10.6 Å². The van der Waals surface area contributed by atoms with Crippen LogP contribution in [0.5, 0.6) is 0 Å². The Kier molecular flexibility index (Phi) is 5.59. The number of hydrogen-bond donors (Lipinski definition) is 2. The third-order valence-electron chi connectivity index (χ3n) is 4.01. The van der Waals surface area contributed by atoms with E-state index >= 15 is 0 Å². The average Bonchev–Trinajstić information content (AvgIpc) is 2.67. The smallest absolute Gasteiger partial charge is 0.270 e. The van der Waals surface area contributed by atoms with Gasteiger partial charge < -0.3 is 10.6 Å². The minimum atomic E-state index is -0.337. The minimum Gasteiger partial charge on any atom is -0.380 e. The van der Waals surface area contributed by atoms with Gasteiger partial charge in [-0.3, -0.25) is 4.79 Å².